The summed E-state index contributed by atoms with van der Waals surface area (Å²) in [4.78, 5) is 3.68. The van der Waals surface area contributed by atoms with Crippen LogP contribution in [0.4, 0.5) is 0 Å². The Balaban J connectivity index is 1.83. The van der Waals surface area contributed by atoms with Gasteiger partial charge in [0, 0.05) is 6.07 Å². The van der Waals surface area contributed by atoms with E-state index in [0.717, 1.165) is 5.56 Å². The molecule has 1 heterocycles. The predicted octanol–water partition coefficient (Wildman–Crippen LogP) is 1.25. The van der Waals surface area contributed by atoms with Crippen molar-refractivity contribution in [2.45, 2.75) is 23.6 Å². The largest absolute Gasteiger partial charge is 0.486 e. The molecule has 0 aromatic heterocycles. The number of sulfonamides is 2. The van der Waals surface area contributed by atoms with Crippen LogP contribution >= 0.6 is 0 Å². The fourth-order valence-electron chi connectivity index (χ4n) is 2.41. The van der Waals surface area contributed by atoms with Crippen LogP contribution in [0.2, 0.25) is 0 Å². The Morgan fingerprint density at radius 3 is 2.19 bits per heavy atom. The summed E-state index contributed by atoms with van der Waals surface area (Å²) in [5, 5.41) is 0. The molecule has 0 radical (unpaired) electrons. The highest BCUT2D eigenvalue weighted by atomic mass is 32.2. The van der Waals surface area contributed by atoms with Crippen LogP contribution in [0.5, 0.6) is 11.5 Å². The average molecular weight is 398 g/mol. The number of hydrogen-bond donors (Lipinski definition) is 2. The first-order valence-electron chi connectivity index (χ1n) is 7.69. The minimum atomic E-state index is -4.13. The van der Waals surface area contributed by atoms with Crippen LogP contribution in [-0.4, -0.2) is 30.0 Å². The highest BCUT2D eigenvalue weighted by molar-refractivity contribution is 7.92. The Hall–Kier alpha value is -2.14. The smallest absolute Gasteiger partial charge is 0.254 e. The molecule has 1 aliphatic heterocycles. The van der Waals surface area contributed by atoms with E-state index in [4.69, 9.17) is 9.47 Å². The van der Waals surface area contributed by atoms with E-state index >= 15 is 0 Å². The van der Waals surface area contributed by atoms with Crippen molar-refractivity contribution in [3.05, 3.63) is 47.5 Å². The second kappa shape index (κ2) is 6.88. The number of nitrogens with one attached hydrogen (secondary N) is 2. The second-order valence-electron chi connectivity index (χ2n) is 5.79. The van der Waals surface area contributed by atoms with Gasteiger partial charge in [0.15, 0.2) is 11.5 Å². The number of hydrazine groups is 1. The lowest BCUT2D eigenvalue weighted by molar-refractivity contribution is 0.171. The summed E-state index contributed by atoms with van der Waals surface area (Å²) in [7, 11) is -8.20. The lowest BCUT2D eigenvalue weighted by Gasteiger charge is -2.19. The zero-order valence-corrected chi connectivity index (χ0v) is 15.8. The zero-order valence-electron chi connectivity index (χ0n) is 14.1. The summed E-state index contributed by atoms with van der Waals surface area (Å²) in [5.41, 5.74) is 1.24. The number of ether oxygens (including phenoxy) is 2. The molecule has 2 N–H and O–H groups in total. The van der Waals surface area contributed by atoms with Crippen LogP contribution in [0.3, 0.4) is 0 Å². The molecule has 2 aromatic rings. The van der Waals surface area contributed by atoms with Crippen molar-refractivity contribution in [3.63, 3.8) is 0 Å². The van der Waals surface area contributed by atoms with E-state index in [1.54, 1.807) is 26.0 Å². The minimum absolute atomic E-state index is 0.00220. The second-order valence-corrected chi connectivity index (χ2v) is 9.12. The third-order valence-electron chi connectivity index (χ3n) is 3.77. The summed E-state index contributed by atoms with van der Waals surface area (Å²) in [6, 6.07) is 8.94. The van der Waals surface area contributed by atoms with Gasteiger partial charge >= 0.3 is 0 Å². The molecule has 26 heavy (non-hydrogen) atoms. The Labute approximate surface area is 152 Å². The first kappa shape index (κ1) is 18.6. The Morgan fingerprint density at radius 2 is 1.46 bits per heavy atom. The van der Waals surface area contributed by atoms with Crippen LogP contribution in [0.25, 0.3) is 0 Å². The summed E-state index contributed by atoms with van der Waals surface area (Å²) < 4.78 is 60.4. The Kier molecular flexibility index (Phi) is 4.93. The van der Waals surface area contributed by atoms with E-state index < -0.39 is 20.0 Å². The van der Waals surface area contributed by atoms with E-state index in [1.807, 2.05) is 9.66 Å². The van der Waals surface area contributed by atoms with Crippen molar-refractivity contribution in [2.24, 2.45) is 0 Å². The lowest BCUT2D eigenvalue weighted by Crippen LogP contribution is -2.41. The first-order valence-corrected chi connectivity index (χ1v) is 10.7. The lowest BCUT2D eigenvalue weighted by atomic mass is 10.2. The predicted molar refractivity (Wildman–Crippen MR) is 94.0 cm³/mol. The molecule has 10 heteroatoms. The molecule has 0 spiro atoms. The van der Waals surface area contributed by atoms with Gasteiger partial charge < -0.3 is 9.47 Å². The van der Waals surface area contributed by atoms with Gasteiger partial charge in [-0.1, -0.05) is 12.1 Å². The van der Waals surface area contributed by atoms with Crippen LogP contribution in [-0.2, 0) is 20.0 Å². The topological polar surface area (TPSA) is 111 Å². The highest BCUT2D eigenvalue weighted by Crippen LogP contribution is 2.32. The summed E-state index contributed by atoms with van der Waals surface area (Å²) in [6.07, 6.45) is 0. The third-order valence-corrected chi connectivity index (χ3v) is 6.53. The molecule has 0 amide bonds. The summed E-state index contributed by atoms with van der Waals surface area (Å²) >= 11 is 0. The van der Waals surface area contributed by atoms with Gasteiger partial charge in [-0.05, 0) is 43.2 Å². The third kappa shape index (κ3) is 3.83. The van der Waals surface area contributed by atoms with Gasteiger partial charge in [-0.15, -0.1) is 9.66 Å². The number of rotatable bonds is 5. The number of aryl methyl sites for hydroxylation is 2. The van der Waals surface area contributed by atoms with E-state index in [0.29, 0.717) is 24.5 Å². The molecule has 2 aromatic carbocycles. The SMILES string of the molecule is Cc1ccc(C)c(S(=O)(=O)NNS(=O)(=O)c2ccc3c(c2)OCCO3)c1. The van der Waals surface area contributed by atoms with Crippen molar-refractivity contribution < 1.29 is 26.3 Å². The van der Waals surface area contributed by atoms with Crippen molar-refractivity contribution in [1.29, 1.82) is 0 Å². The molecule has 0 aliphatic carbocycles. The number of fused-ring (bicyclic) bond motifs is 1. The molecule has 8 nitrogen and oxygen atoms in total. The molecule has 140 valence electrons. The molecule has 0 saturated heterocycles. The molecule has 0 fully saturated rings. The van der Waals surface area contributed by atoms with Gasteiger partial charge in [-0.2, -0.15) is 0 Å². The van der Waals surface area contributed by atoms with Crippen LogP contribution in [0.1, 0.15) is 11.1 Å². The summed E-state index contributed by atoms with van der Waals surface area (Å²) in [6.45, 7) is 4.07. The first-order chi connectivity index (χ1) is 12.2. The van der Waals surface area contributed by atoms with Gasteiger partial charge in [0.1, 0.15) is 13.2 Å². The maximum Gasteiger partial charge on any atom is 0.254 e. The Bertz CT molecular complexity index is 1050. The normalized spacial score (nSPS) is 14.2. The maximum absolute atomic E-state index is 12.4. The molecular weight excluding hydrogens is 380 g/mol. The van der Waals surface area contributed by atoms with Gasteiger partial charge in [0.25, 0.3) is 20.0 Å². The fourth-order valence-corrected chi connectivity index (χ4v) is 4.86. The average Bonchev–Trinajstić information content (AvgIpc) is 2.62. The molecule has 0 atom stereocenters. The van der Waals surface area contributed by atoms with Crippen molar-refractivity contribution >= 4 is 20.0 Å². The molecule has 3 rings (SSSR count). The minimum Gasteiger partial charge on any atom is -0.486 e. The highest BCUT2D eigenvalue weighted by Gasteiger charge is 2.23. The van der Waals surface area contributed by atoms with Crippen molar-refractivity contribution in [3.8, 4) is 11.5 Å². The standard InChI is InChI=1S/C16H18N2O6S2/c1-11-3-4-12(2)16(9-11)26(21,22)18-17-25(19,20)13-5-6-14-15(10-13)24-8-7-23-14/h3-6,9-10,17-18H,7-8H2,1-2H3. The van der Waals surface area contributed by atoms with Gasteiger partial charge in [0.05, 0.1) is 9.79 Å². The monoisotopic (exact) mass is 398 g/mol. The van der Waals surface area contributed by atoms with E-state index in [1.165, 1.54) is 24.3 Å². The number of benzene rings is 2. The molecule has 1 aliphatic rings. The van der Waals surface area contributed by atoms with E-state index in [2.05, 4.69) is 0 Å². The zero-order chi connectivity index (χ0) is 18.9. The van der Waals surface area contributed by atoms with Crippen LogP contribution < -0.4 is 19.1 Å². The molecule has 0 saturated carbocycles. The quantitative estimate of drug-likeness (QED) is 0.734. The maximum atomic E-state index is 12.4. The molecule has 0 bridgehead atoms. The fraction of sp³-hybridized carbons (Fsp3) is 0.250. The van der Waals surface area contributed by atoms with Crippen molar-refractivity contribution in [2.75, 3.05) is 13.2 Å². The number of hydrogen-bond acceptors (Lipinski definition) is 6. The molecule has 0 unspecified atom stereocenters. The van der Waals surface area contributed by atoms with E-state index in [-0.39, 0.29) is 15.5 Å². The van der Waals surface area contributed by atoms with E-state index in [9.17, 15) is 16.8 Å². The van der Waals surface area contributed by atoms with Gasteiger partial charge in [-0.25, -0.2) is 16.8 Å². The van der Waals surface area contributed by atoms with Crippen molar-refractivity contribution in [1.82, 2.24) is 9.66 Å². The van der Waals surface area contributed by atoms with Gasteiger partial charge in [-0.3, -0.25) is 0 Å². The van der Waals surface area contributed by atoms with Crippen LogP contribution in [0, 0.1) is 13.8 Å². The van der Waals surface area contributed by atoms with Gasteiger partial charge in [0.2, 0.25) is 0 Å². The summed E-state index contributed by atoms with van der Waals surface area (Å²) in [5.74, 6) is 0.725. The van der Waals surface area contributed by atoms with Crippen LogP contribution in [0.15, 0.2) is 46.2 Å². The Morgan fingerprint density at radius 1 is 0.808 bits per heavy atom. The molecular formula is C16H18N2O6S2.